The number of nitrogens with zero attached hydrogens (tertiary/aromatic N) is 2. The van der Waals surface area contributed by atoms with Crippen LogP contribution in [0.25, 0.3) is 0 Å². The quantitative estimate of drug-likeness (QED) is 0.448. The summed E-state index contributed by atoms with van der Waals surface area (Å²) in [5.41, 5.74) is 2.74. The van der Waals surface area contributed by atoms with Gasteiger partial charge in [-0.15, -0.1) is 0 Å². The van der Waals surface area contributed by atoms with Crippen molar-refractivity contribution in [3.63, 3.8) is 0 Å². The van der Waals surface area contributed by atoms with Crippen molar-refractivity contribution >= 4 is 50.7 Å². The minimum absolute atomic E-state index is 0.0264. The van der Waals surface area contributed by atoms with Crippen molar-refractivity contribution in [2.45, 2.75) is 71.5 Å². The molecule has 7 nitrogen and oxygen atoms in total. The average molecular weight is 569 g/mol. The maximum Gasteiger partial charge on any atom is 0.244 e. The average Bonchev–Trinajstić information content (AvgIpc) is 2.82. The van der Waals surface area contributed by atoms with Crippen LogP contribution in [0.2, 0.25) is 10.0 Å². The zero-order valence-electron chi connectivity index (χ0n) is 21.8. The molecule has 0 heterocycles. The highest BCUT2D eigenvalue weighted by Crippen LogP contribution is 2.26. The van der Waals surface area contributed by atoms with Gasteiger partial charge in [-0.25, -0.2) is 8.42 Å². The van der Waals surface area contributed by atoms with E-state index >= 15 is 0 Å². The Kier molecular flexibility index (Phi) is 9.89. The molecule has 2 amide bonds. The number of hydrogen-bond donors (Lipinski definition) is 1. The standard InChI is InChI=1S/C27H35Cl2N3O4S/c1-18-10-13-25(19(2)14-18)32(37(4,35)36)17-26(33)31(16-21-11-12-22(28)15-24(21)29)20(3)27(34)30-23-8-6-5-7-9-23/h10-15,20,23H,5-9,16-17H2,1-4H3,(H,30,34). The summed E-state index contributed by atoms with van der Waals surface area (Å²) in [6, 6.07) is 9.53. The van der Waals surface area contributed by atoms with Crippen molar-refractivity contribution in [2.75, 3.05) is 17.1 Å². The van der Waals surface area contributed by atoms with Crippen molar-refractivity contribution in [3.8, 4) is 0 Å². The van der Waals surface area contributed by atoms with Gasteiger partial charge in [0.05, 0.1) is 11.9 Å². The highest BCUT2D eigenvalue weighted by atomic mass is 35.5. The first-order valence-corrected chi connectivity index (χ1v) is 15.1. The number of anilines is 1. The third kappa shape index (κ3) is 7.85. The third-order valence-corrected chi connectivity index (χ3v) is 8.49. The normalized spacial score (nSPS) is 15.2. The molecule has 0 saturated heterocycles. The Morgan fingerprint density at radius 2 is 1.73 bits per heavy atom. The van der Waals surface area contributed by atoms with E-state index < -0.39 is 28.5 Å². The van der Waals surface area contributed by atoms with Gasteiger partial charge in [-0.2, -0.15) is 0 Å². The van der Waals surface area contributed by atoms with E-state index in [1.54, 1.807) is 44.2 Å². The fraction of sp³-hybridized carbons (Fsp3) is 0.481. The summed E-state index contributed by atoms with van der Waals surface area (Å²) in [5.74, 6) is -0.787. The summed E-state index contributed by atoms with van der Waals surface area (Å²) < 4.78 is 26.7. The molecule has 1 aliphatic carbocycles. The molecule has 37 heavy (non-hydrogen) atoms. The molecule has 1 saturated carbocycles. The predicted molar refractivity (Wildman–Crippen MR) is 150 cm³/mol. The Morgan fingerprint density at radius 3 is 2.32 bits per heavy atom. The van der Waals surface area contributed by atoms with E-state index in [2.05, 4.69) is 5.32 Å². The lowest BCUT2D eigenvalue weighted by molar-refractivity contribution is -0.139. The van der Waals surface area contributed by atoms with Crippen molar-refractivity contribution in [1.29, 1.82) is 0 Å². The monoisotopic (exact) mass is 567 g/mol. The van der Waals surface area contributed by atoms with E-state index in [0.717, 1.165) is 53.8 Å². The molecule has 0 spiro atoms. The molecule has 0 aromatic heterocycles. The molecule has 10 heteroatoms. The number of sulfonamides is 1. The number of carbonyl (C=O) groups is 2. The van der Waals surface area contributed by atoms with Crippen LogP contribution in [-0.4, -0.2) is 50.0 Å². The second kappa shape index (κ2) is 12.5. The smallest absolute Gasteiger partial charge is 0.244 e. The minimum Gasteiger partial charge on any atom is -0.352 e. The van der Waals surface area contributed by atoms with Crippen LogP contribution in [0.3, 0.4) is 0 Å². The molecule has 0 aliphatic heterocycles. The third-order valence-electron chi connectivity index (χ3n) is 6.77. The molecule has 1 atom stereocenters. The van der Waals surface area contributed by atoms with Crippen LogP contribution in [0.4, 0.5) is 5.69 Å². The summed E-state index contributed by atoms with van der Waals surface area (Å²) in [4.78, 5) is 28.4. The van der Waals surface area contributed by atoms with E-state index in [-0.39, 0.29) is 18.5 Å². The number of rotatable bonds is 9. The lowest BCUT2D eigenvalue weighted by atomic mass is 9.95. The van der Waals surface area contributed by atoms with E-state index in [1.165, 1.54) is 4.90 Å². The van der Waals surface area contributed by atoms with Crippen LogP contribution in [0.15, 0.2) is 36.4 Å². The zero-order valence-corrected chi connectivity index (χ0v) is 24.1. The van der Waals surface area contributed by atoms with Crippen LogP contribution < -0.4 is 9.62 Å². The van der Waals surface area contributed by atoms with Gasteiger partial charge in [0.15, 0.2) is 0 Å². The first-order chi connectivity index (χ1) is 17.4. The number of amides is 2. The summed E-state index contributed by atoms with van der Waals surface area (Å²) in [6.45, 7) is 4.95. The van der Waals surface area contributed by atoms with Crippen LogP contribution >= 0.6 is 23.2 Å². The Balaban J connectivity index is 1.92. The van der Waals surface area contributed by atoms with Crippen molar-refractivity contribution in [2.24, 2.45) is 0 Å². The molecule has 0 radical (unpaired) electrons. The minimum atomic E-state index is -3.80. The fourth-order valence-electron chi connectivity index (χ4n) is 4.66. The molecule has 2 aromatic rings. The summed E-state index contributed by atoms with van der Waals surface area (Å²) in [6.07, 6.45) is 6.15. The van der Waals surface area contributed by atoms with Crippen LogP contribution in [0.1, 0.15) is 55.7 Å². The number of carbonyl (C=O) groups excluding carboxylic acids is 2. The first kappa shape index (κ1) is 29.3. The molecular formula is C27H35Cl2N3O4S. The summed E-state index contributed by atoms with van der Waals surface area (Å²) in [5, 5.41) is 3.89. The van der Waals surface area contributed by atoms with Gasteiger partial charge in [-0.1, -0.05) is 66.2 Å². The van der Waals surface area contributed by atoms with Gasteiger partial charge in [-0.3, -0.25) is 13.9 Å². The van der Waals surface area contributed by atoms with Crippen molar-refractivity contribution in [3.05, 3.63) is 63.1 Å². The topological polar surface area (TPSA) is 86.8 Å². The molecule has 202 valence electrons. The highest BCUT2D eigenvalue weighted by molar-refractivity contribution is 7.92. The van der Waals surface area contributed by atoms with E-state index in [4.69, 9.17) is 23.2 Å². The molecule has 3 rings (SSSR count). The maximum atomic E-state index is 13.7. The summed E-state index contributed by atoms with van der Waals surface area (Å²) >= 11 is 12.4. The van der Waals surface area contributed by atoms with Gasteiger partial charge < -0.3 is 10.2 Å². The molecule has 1 unspecified atom stereocenters. The Bertz CT molecular complexity index is 1250. The molecule has 2 aromatic carbocycles. The van der Waals surface area contributed by atoms with Crippen LogP contribution in [-0.2, 0) is 26.2 Å². The van der Waals surface area contributed by atoms with Gasteiger partial charge in [-0.05, 0) is 62.9 Å². The number of nitrogens with one attached hydrogen (secondary N) is 1. The number of hydrogen-bond acceptors (Lipinski definition) is 4. The maximum absolute atomic E-state index is 13.7. The lowest BCUT2D eigenvalue weighted by Gasteiger charge is -2.33. The van der Waals surface area contributed by atoms with Crippen LogP contribution in [0, 0.1) is 13.8 Å². The summed E-state index contributed by atoms with van der Waals surface area (Å²) in [7, 11) is -3.80. The molecule has 1 fully saturated rings. The SMILES string of the molecule is Cc1ccc(N(CC(=O)N(Cc2ccc(Cl)cc2Cl)C(C)C(=O)NC2CCCCC2)S(C)(=O)=O)c(C)c1. The van der Waals surface area contributed by atoms with E-state index in [1.807, 2.05) is 13.0 Å². The fourth-order valence-corrected chi connectivity index (χ4v) is 6.04. The van der Waals surface area contributed by atoms with Gasteiger partial charge in [0.25, 0.3) is 0 Å². The molecule has 0 bridgehead atoms. The van der Waals surface area contributed by atoms with E-state index in [0.29, 0.717) is 21.3 Å². The van der Waals surface area contributed by atoms with E-state index in [9.17, 15) is 18.0 Å². The first-order valence-electron chi connectivity index (χ1n) is 12.5. The molecule has 1 N–H and O–H groups in total. The predicted octanol–water partition coefficient (Wildman–Crippen LogP) is 5.24. The van der Waals surface area contributed by atoms with Gasteiger partial charge in [0.1, 0.15) is 12.6 Å². The highest BCUT2D eigenvalue weighted by Gasteiger charge is 2.32. The number of benzene rings is 2. The van der Waals surface area contributed by atoms with Gasteiger partial charge >= 0.3 is 0 Å². The molecular weight excluding hydrogens is 533 g/mol. The molecule has 1 aliphatic rings. The van der Waals surface area contributed by atoms with Crippen molar-refractivity contribution in [1.82, 2.24) is 10.2 Å². The van der Waals surface area contributed by atoms with Crippen molar-refractivity contribution < 1.29 is 18.0 Å². The van der Waals surface area contributed by atoms with Crippen LogP contribution in [0.5, 0.6) is 0 Å². The largest absolute Gasteiger partial charge is 0.352 e. The second-order valence-electron chi connectivity index (χ2n) is 9.84. The second-order valence-corrected chi connectivity index (χ2v) is 12.6. The van der Waals surface area contributed by atoms with Gasteiger partial charge in [0, 0.05) is 22.6 Å². The lowest BCUT2D eigenvalue weighted by Crippen LogP contribution is -2.53. The number of aryl methyl sites for hydroxylation is 2. The number of halogens is 2. The Morgan fingerprint density at radius 1 is 1.05 bits per heavy atom. The zero-order chi connectivity index (χ0) is 27.3. The Hall–Kier alpha value is -2.29. The Labute approximate surface area is 230 Å². The van der Waals surface area contributed by atoms with Gasteiger partial charge in [0.2, 0.25) is 21.8 Å².